The zero-order valence-electron chi connectivity index (χ0n) is 12.9. The number of benzene rings is 2. The highest BCUT2D eigenvalue weighted by Gasteiger charge is 2.20. The van der Waals surface area contributed by atoms with E-state index in [0.717, 1.165) is 18.5 Å². The van der Waals surface area contributed by atoms with Crippen molar-refractivity contribution < 1.29 is 0 Å². The first-order valence-electron chi connectivity index (χ1n) is 8.00. The molecule has 0 fully saturated rings. The molecule has 0 aliphatic heterocycles. The van der Waals surface area contributed by atoms with Crippen molar-refractivity contribution in [3.63, 3.8) is 0 Å². The number of hydrogen-bond donors (Lipinski definition) is 2. The minimum atomic E-state index is 0.319. The summed E-state index contributed by atoms with van der Waals surface area (Å²) in [4.78, 5) is 0. The second kappa shape index (κ2) is 6.93. The van der Waals surface area contributed by atoms with E-state index in [1.807, 2.05) is 0 Å². The van der Waals surface area contributed by atoms with Crippen molar-refractivity contribution >= 4 is 23.0 Å². The molecule has 3 heteroatoms. The maximum absolute atomic E-state index is 5.50. The van der Waals surface area contributed by atoms with Crippen molar-refractivity contribution in [2.75, 3.05) is 5.32 Å². The van der Waals surface area contributed by atoms with Crippen LogP contribution in [0.3, 0.4) is 0 Å². The van der Waals surface area contributed by atoms with Gasteiger partial charge >= 0.3 is 0 Å². The number of nitrogens with one attached hydrogen (secondary N) is 2. The number of fused-ring (bicyclic) bond motifs is 1. The molecule has 0 aromatic heterocycles. The molecular weight excluding hydrogens is 288 g/mol. The Kier molecular flexibility index (Phi) is 4.74. The topological polar surface area (TPSA) is 24.1 Å². The third-order valence-corrected chi connectivity index (χ3v) is 4.49. The molecule has 0 amide bonds. The number of thiocarbonyl (C=S) groups is 1. The van der Waals surface area contributed by atoms with Crippen LogP contribution in [0.25, 0.3) is 0 Å². The lowest BCUT2D eigenvalue weighted by molar-refractivity contribution is 0.529. The van der Waals surface area contributed by atoms with Crippen molar-refractivity contribution in [2.24, 2.45) is 0 Å². The van der Waals surface area contributed by atoms with Crippen LogP contribution < -0.4 is 10.6 Å². The number of hydrogen-bond acceptors (Lipinski definition) is 1. The second-order valence-corrected chi connectivity index (χ2v) is 6.20. The van der Waals surface area contributed by atoms with E-state index in [2.05, 4.69) is 66.1 Å². The minimum Gasteiger partial charge on any atom is -0.356 e. The van der Waals surface area contributed by atoms with E-state index in [1.54, 1.807) is 0 Å². The van der Waals surface area contributed by atoms with E-state index in [9.17, 15) is 0 Å². The summed E-state index contributed by atoms with van der Waals surface area (Å²) < 4.78 is 0. The molecule has 3 rings (SSSR count). The molecule has 0 saturated heterocycles. The standard InChI is InChI=1S/C19H22N2S/c1-2-14-7-5-10-16(13-14)20-19(22)21-18-12-6-9-15-8-3-4-11-17(15)18/h3-5,7-8,10-11,13,18H,2,6,9,12H2,1H3,(H2,20,21,22)/t18-/m0/s1. The molecule has 2 N–H and O–H groups in total. The van der Waals surface area contributed by atoms with Gasteiger partial charge in [-0.15, -0.1) is 0 Å². The van der Waals surface area contributed by atoms with Gasteiger partial charge in [0.25, 0.3) is 0 Å². The molecule has 0 bridgehead atoms. The van der Waals surface area contributed by atoms with Gasteiger partial charge in [0, 0.05) is 5.69 Å². The van der Waals surface area contributed by atoms with E-state index in [4.69, 9.17) is 12.2 Å². The summed E-state index contributed by atoms with van der Waals surface area (Å²) in [7, 11) is 0. The van der Waals surface area contributed by atoms with Crippen molar-refractivity contribution in [3.05, 3.63) is 65.2 Å². The molecule has 22 heavy (non-hydrogen) atoms. The first-order valence-corrected chi connectivity index (χ1v) is 8.41. The quantitative estimate of drug-likeness (QED) is 0.809. The van der Waals surface area contributed by atoms with Gasteiger partial charge in [-0.1, -0.05) is 43.3 Å². The van der Waals surface area contributed by atoms with E-state index in [0.29, 0.717) is 11.2 Å². The Balaban J connectivity index is 1.67. The maximum Gasteiger partial charge on any atom is 0.171 e. The SMILES string of the molecule is CCc1cccc(NC(=S)N[C@H]2CCCc3ccccc32)c1. The van der Waals surface area contributed by atoms with Gasteiger partial charge in [0.1, 0.15) is 0 Å². The van der Waals surface area contributed by atoms with Crippen molar-refractivity contribution in [2.45, 2.75) is 38.6 Å². The summed E-state index contributed by atoms with van der Waals surface area (Å²) in [5, 5.41) is 7.50. The first-order chi connectivity index (χ1) is 10.8. The molecule has 114 valence electrons. The molecule has 1 aliphatic rings. The molecule has 2 aromatic rings. The predicted octanol–water partition coefficient (Wildman–Crippen LogP) is 4.61. The van der Waals surface area contributed by atoms with Crippen molar-refractivity contribution in [1.29, 1.82) is 0 Å². The van der Waals surface area contributed by atoms with E-state index >= 15 is 0 Å². The Bertz CT molecular complexity index is 666. The summed E-state index contributed by atoms with van der Waals surface area (Å²) in [6.07, 6.45) is 4.55. The van der Waals surface area contributed by atoms with Crippen LogP contribution in [0.15, 0.2) is 48.5 Å². The first kappa shape index (κ1) is 15.0. The van der Waals surface area contributed by atoms with Crippen LogP contribution in [-0.2, 0) is 12.8 Å². The third kappa shape index (κ3) is 3.47. The van der Waals surface area contributed by atoms with Crippen LogP contribution in [0.4, 0.5) is 5.69 Å². The molecular formula is C19H22N2S. The van der Waals surface area contributed by atoms with Gasteiger partial charge in [0.2, 0.25) is 0 Å². The van der Waals surface area contributed by atoms with Crippen LogP contribution in [-0.4, -0.2) is 5.11 Å². The van der Waals surface area contributed by atoms with Gasteiger partial charge in [0.15, 0.2) is 5.11 Å². The lowest BCUT2D eigenvalue weighted by Crippen LogP contribution is -2.34. The van der Waals surface area contributed by atoms with Gasteiger partial charge in [-0.05, 0) is 66.7 Å². The largest absolute Gasteiger partial charge is 0.356 e. The van der Waals surface area contributed by atoms with E-state index < -0.39 is 0 Å². The molecule has 0 saturated carbocycles. The molecule has 2 nitrogen and oxygen atoms in total. The molecule has 0 unspecified atom stereocenters. The fourth-order valence-electron chi connectivity index (χ4n) is 3.10. The fraction of sp³-hybridized carbons (Fsp3) is 0.316. The highest BCUT2D eigenvalue weighted by Crippen LogP contribution is 2.29. The second-order valence-electron chi connectivity index (χ2n) is 5.80. The molecule has 0 radical (unpaired) electrons. The van der Waals surface area contributed by atoms with Crippen LogP contribution >= 0.6 is 12.2 Å². The Hall–Kier alpha value is -1.87. The lowest BCUT2D eigenvalue weighted by atomic mass is 9.88. The summed E-state index contributed by atoms with van der Waals surface area (Å²) in [6.45, 7) is 2.16. The average molecular weight is 310 g/mol. The molecule has 2 aromatic carbocycles. The van der Waals surface area contributed by atoms with E-state index in [-0.39, 0.29) is 0 Å². The summed E-state index contributed by atoms with van der Waals surface area (Å²) in [5.74, 6) is 0. The zero-order chi connectivity index (χ0) is 15.4. The molecule has 1 atom stereocenters. The Morgan fingerprint density at radius 3 is 2.91 bits per heavy atom. The average Bonchev–Trinajstić information content (AvgIpc) is 2.55. The smallest absolute Gasteiger partial charge is 0.171 e. The maximum atomic E-state index is 5.50. The van der Waals surface area contributed by atoms with Gasteiger partial charge in [-0.25, -0.2) is 0 Å². The molecule has 1 aliphatic carbocycles. The number of anilines is 1. The highest BCUT2D eigenvalue weighted by atomic mass is 32.1. The van der Waals surface area contributed by atoms with Gasteiger partial charge in [-0.2, -0.15) is 0 Å². The van der Waals surface area contributed by atoms with Gasteiger partial charge in [-0.3, -0.25) is 0 Å². The Morgan fingerprint density at radius 1 is 1.18 bits per heavy atom. The van der Waals surface area contributed by atoms with Crippen molar-refractivity contribution in [1.82, 2.24) is 5.32 Å². The Morgan fingerprint density at radius 2 is 2.05 bits per heavy atom. The van der Waals surface area contributed by atoms with Crippen LogP contribution in [0, 0.1) is 0 Å². The fourth-order valence-corrected chi connectivity index (χ4v) is 3.36. The number of aryl methyl sites for hydroxylation is 2. The van der Waals surface area contributed by atoms with Crippen LogP contribution in [0.5, 0.6) is 0 Å². The number of rotatable bonds is 3. The van der Waals surface area contributed by atoms with Gasteiger partial charge in [0.05, 0.1) is 6.04 Å². The summed E-state index contributed by atoms with van der Waals surface area (Å²) >= 11 is 5.50. The van der Waals surface area contributed by atoms with Gasteiger partial charge < -0.3 is 10.6 Å². The lowest BCUT2D eigenvalue weighted by Gasteiger charge is -2.27. The van der Waals surface area contributed by atoms with Crippen molar-refractivity contribution in [3.8, 4) is 0 Å². The normalized spacial score (nSPS) is 16.7. The third-order valence-electron chi connectivity index (χ3n) is 4.27. The zero-order valence-corrected chi connectivity index (χ0v) is 13.7. The van der Waals surface area contributed by atoms with Crippen LogP contribution in [0.1, 0.15) is 42.5 Å². The highest BCUT2D eigenvalue weighted by molar-refractivity contribution is 7.80. The summed E-state index contributed by atoms with van der Waals surface area (Å²) in [6, 6.07) is 17.4. The van der Waals surface area contributed by atoms with Crippen LogP contribution in [0.2, 0.25) is 0 Å². The monoisotopic (exact) mass is 310 g/mol. The summed E-state index contributed by atoms with van der Waals surface area (Å²) in [5.41, 5.74) is 5.21. The predicted molar refractivity (Wildman–Crippen MR) is 97.3 cm³/mol. The molecule has 0 heterocycles. The van der Waals surface area contributed by atoms with E-state index in [1.165, 1.54) is 29.5 Å². The minimum absolute atomic E-state index is 0.319. The molecule has 0 spiro atoms. The Labute approximate surface area is 137 Å².